The van der Waals surface area contributed by atoms with Crippen molar-refractivity contribution in [3.63, 3.8) is 0 Å². The Morgan fingerprint density at radius 2 is 2.00 bits per heavy atom. The van der Waals surface area contributed by atoms with Gasteiger partial charge in [-0.05, 0) is 40.5 Å². The average molecular weight is 215 g/mol. The Bertz CT molecular complexity index is 210. The van der Waals surface area contributed by atoms with Crippen molar-refractivity contribution in [2.24, 2.45) is 0 Å². The minimum Gasteiger partial charge on any atom is -0.395 e. The molecule has 3 nitrogen and oxygen atoms in total. The molecule has 0 aromatic heterocycles. The van der Waals surface area contributed by atoms with Crippen LogP contribution in [0.4, 0.5) is 0 Å². The highest BCUT2D eigenvalue weighted by Gasteiger charge is 2.46. The van der Waals surface area contributed by atoms with Gasteiger partial charge in [0.05, 0.1) is 17.8 Å². The van der Waals surface area contributed by atoms with E-state index in [1.807, 2.05) is 0 Å². The predicted octanol–water partition coefficient (Wildman–Crippen LogP) is 1.69. The number of rotatable bonds is 4. The summed E-state index contributed by atoms with van der Waals surface area (Å²) in [6, 6.07) is 0.511. The van der Waals surface area contributed by atoms with Gasteiger partial charge in [-0.1, -0.05) is 6.92 Å². The van der Waals surface area contributed by atoms with Crippen LogP contribution in [0.15, 0.2) is 0 Å². The van der Waals surface area contributed by atoms with Crippen LogP contribution in [-0.2, 0) is 4.74 Å². The van der Waals surface area contributed by atoms with Crippen molar-refractivity contribution in [1.82, 2.24) is 5.32 Å². The molecule has 0 radical (unpaired) electrons. The maximum absolute atomic E-state index is 9.18. The number of ether oxygens (including phenoxy) is 1. The highest BCUT2D eigenvalue weighted by molar-refractivity contribution is 4.99. The zero-order valence-corrected chi connectivity index (χ0v) is 10.6. The van der Waals surface area contributed by atoms with E-state index in [0.717, 1.165) is 12.8 Å². The third kappa shape index (κ3) is 3.16. The van der Waals surface area contributed by atoms with Gasteiger partial charge in [0.15, 0.2) is 0 Å². The Morgan fingerprint density at radius 3 is 2.33 bits per heavy atom. The molecule has 0 spiro atoms. The van der Waals surface area contributed by atoms with Crippen molar-refractivity contribution in [2.75, 3.05) is 6.61 Å². The maximum Gasteiger partial charge on any atom is 0.0787 e. The highest BCUT2D eigenvalue weighted by atomic mass is 16.5. The Labute approximate surface area is 93.2 Å². The molecule has 90 valence electrons. The minimum atomic E-state index is -0.147. The first-order valence-corrected chi connectivity index (χ1v) is 5.88. The van der Waals surface area contributed by atoms with Gasteiger partial charge in [-0.2, -0.15) is 0 Å². The summed E-state index contributed by atoms with van der Waals surface area (Å²) in [6.45, 7) is 10.8. The van der Waals surface area contributed by atoms with Crippen LogP contribution < -0.4 is 5.32 Å². The van der Waals surface area contributed by atoms with Gasteiger partial charge >= 0.3 is 0 Å². The number of hydrogen-bond donors (Lipinski definition) is 2. The minimum absolute atomic E-state index is 0.0606. The van der Waals surface area contributed by atoms with E-state index in [1.54, 1.807) is 0 Å². The zero-order chi connectivity index (χ0) is 11.7. The van der Waals surface area contributed by atoms with Crippen molar-refractivity contribution in [2.45, 2.75) is 70.7 Å². The van der Waals surface area contributed by atoms with Crippen molar-refractivity contribution < 1.29 is 9.84 Å². The second-order valence-electron chi connectivity index (χ2n) is 5.68. The molecule has 1 fully saturated rings. The van der Waals surface area contributed by atoms with Crippen molar-refractivity contribution >= 4 is 0 Å². The smallest absolute Gasteiger partial charge is 0.0787 e. The summed E-state index contributed by atoms with van der Waals surface area (Å²) in [5.41, 5.74) is -0.207. The molecule has 3 heteroatoms. The lowest BCUT2D eigenvalue weighted by Crippen LogP contribution is -2.49. The summed E-state index contributed by atoms with van der Waals surface area (Å²) in [5, 5.41) is 12.7. The summed E-state index contributed by atoms with van der Waals surface area (Å²) < 4.78 is 5.99. The molecule has 1 aliphatic heterocycles. The summed E-state index contributed by atoms with van der Waals surface area (Å²) >= 11 is 0. The largest absolute Gasteiger partial charge is 0.395 e. The molecule has 0 aliphatic carbocycles. The van der Waals surface area contributed by atoms with Gasteiger partial charge in [0.2, 0.25) is 0 Å². The normalized spacial score (nSPS) is 30.4. The van der Waals surface area contributed by atoms with Gasteiger partial charge < -0.3 is 15.2 Å². The van der Waals surface area contributed by atoms with E-state index in [2.05, 4.69) is 39.9 Å². The van der Waals surface area contributed by atoms with Gasteiger partial charge in [-0.15, -0.1) is 0 Å². The number of aliphatic hydroxyl groups excluding tert-OH is 1. The van der Waals surface area contributed by atoms with Gasteiger partial charge in [-0.25, -0.2) is 0 Å². The van der Waals surface area contributed by atoms with E-state index >= 15 is 0 Å². The Kier molecular flexibility index (Phi) is 3.80. The molecule has 1 rings (SSSR count). The molecular formula is C12H25NO2. The fourth-order valence-corrected chi connectivity index (χ4v) is 2.41. The van der Waals surface area contributed by atoms with Crippen LogP contribution in [0.5, 0.6) is 0 Å². The van der Waals surface area contributed by atoms with Gasteiger partial charge in [0.1, 0.15) is 0 Å². The molecular weight excluding hydrogens is 190 g/mol. The second-order valence-corrected chi connectivity index (χ2v) is 5.68. The van der Waals surface area contributed by atoms with E-state index in [9.17, 15) is 5.11 Å². The van der Waals surface area contributed by atoms with Crippen LogP contribution in [0.1, 0.15) is 47.5 Å². The van der Waals surface area contributed by atoms with E-state index in [0.29, 0.717) is 6.04 Å². The van der Waals surface area contributed by atoms with Gasteiger partial charge in [-0.3, -0.25) is 0 Å². The third-order valence-electron chi connectivity index (χ3n) is 3.22. The van der Waals surface area contributed by atoms with Crippen molar-refractivity contribution in [3.05, 3.63) is 0 Å². The first-order chi connectivity index (χ1) is 6.80. The first kappa shape index (κ1) is 12.9. The lowest BCUT2D eigenvalue weighted by molar-refractivity contribution is -0.0707. The van der Waals surface area contributed by atoms with Crippen LogP contribution >= 0.6 is 0 Å². The van der Waals surface area contributed by atoms with Crippen LogP contribution in [-0.4, -0.2) is 35.0 Å². The molecule has 0 aromatic rings. The van der Waals surface area contributed by atoms with Crippen LogP contribution in [0.3, 0.4) is 0 Å². The van der Waals surface area contributed by atoms with Gasteiger partial charge in [0, 0.05) is 12.1 Å². The fourth-order valence-electron chi connectivity index (χ4n) is 2.41. The number of hydrogen-bond acceptors (Lipinski definition) is 3. The molecule has 1 saturated heterocycles. The fraction of sp³-hybridized carbons (Fsp3) is 1.00. The number of nitrogens with one attached hydrogen (secondary N) is 1. The molecule has 0 aromatic carbocycles. The lowest BCUT2D eigenvalue weighted by Gasteiger charge is -2.30. The van der Waals surface area contributed by atoms with Crippen molar-refractivity contribution in [3.8, 4) is 0 Å². The van der Waals surface area contributed by atoms with E-state index < -0.39 is 0 Å². The molecule has 2 unspecified atom stereocenters. The molecule has 2 atom stereocenters. The Morgan fingerprint density at radius 1 is 1.40 bits per heavy atom. The van der Waals surface area contributed by atoms with Crippen LogP contribution in [0.2, 0.25) is 0 Å². The predicted molar refractivity (Wildman–Crippen MR) is 61.9 cm³/mol. The molecule has 15 heavy (non-hydrogen) atoms. The average Bonchev–Trinajstić information content (AvgIpc) is 2.30. The van der Waals surface area contributed by atoms with Crippen LogP contribution in [0, 0.1) is 0 Å². The molecule has 1 aliphatic rings. The topological polar surface area (TPSA) is 41.5 Å². The summed E-state index contributed by atoms with van der Waals surface area (Å²) in [6.07, 6.45) is 1.94. The Balaban J connectivity index is 2.62. The quantitative estimate of drug-likeness (QED) is 0.750. The SMILES string of the molecule is CCC(CO)NC1CC(C)(C)OC1(C)C. The first-order valence-electron chi connectivity index (χ1n) is 5.88. The monoisotopic (exact) mass is 215 g/mol. The molecule has 0 bridgehead atoms. The third-order valence-corrected chi connectivity index (χ3v) is 3.22. The van der Waals surface area contributed by atoms with Gasteiger partial charge in [0.25, 0.3) is 0 Å². The molecule has 0 saturated carbocycles. The number of aliphatic hydroxyl groups is 1. The standard InChI is InChI=1S/C12H25NO2/c1-6-9(8-14)13-10-7-11(2,3)15-12(10,4)5/h9-10,13-14H,6-8H2,1-5H3. The Hall–Kier alpha value is -0.120. The van der Waals surface area contributed by atoms with Crippen molar-refractivity contribution in [1.29, 1.82) is 0 Å². The summed E-state index contributed by atoms with van der Waals surface area (Å²) in [4.78, 5) is 0. The highest BCUT2D eigenvalue weighted by Crippen LogP contribution is 2.37. The zero-order valence-electron chi connectivity index (χ0n) is 10.6. The summed E-state index contributed by atoms with van der Waals surface area (Å²) in [7, 11) is 0. The van der Waals surface area contributed by atoms with E-state index in [-0.39, 0.29) is 23.9 Å². The second kappa shape index (κ2) is 4.40. The summed E-state index contributed by atoms with van der Waals surface area (Å²) in [5.74, 6) is 0. The van der Waals surface area contributed by atoms with E-state index in [4.69, 9.17) is 4.74 Å². The maximum atomic E-state index is 9.18. The molecule has 0 amide bonds. The molecule has 2 N–H and O–H groups in total. The lowest BCUT2D eigenvalue weighted by atomic mass is 9.93. The van der Waals surface area contributed by atoms with Crippen LogP contribution in [0.25, 0.3) is 0 Å². The molecule has 1 heterocycles. The van der Waals surface area contributed by atoms with E-state index in [1.165, 1.54) is 0 Å².